The number of benzene rings is 1. The summed E-state index contributed by atoms with van der Waals surface area (Å²) in [6.45, 7) is 3.77. The molecule has 0 fully saturated rings. The molecule has 0 bridgehead atoms. The van der Waals surface area contributed by atoms with Gasteiger partial charge in [-0.25, -0.2) is 9.37 Å². The number of rotatable bonds is 5. The van der Waals surface area contributed by atoms with Crippen molar-refractivity contribution in [1.29, 1.82) is 0 Å². The first-order chi connectivity index (χ1) is 12.4. The maximum Gasteiger partial charge on any atom is 0.264 e. The molecule has 0 saturated heterocycles. The molecule has 0 aliphatic carbocycles. The number of amides is 1. The van der Waals surface area contributed by atoms with E-state index in [9.17, 15) is 14.0 Å². The molecule has 0 saturated carbocycles. The van der Waals surface area contributed by atoms with Crippen molar-refractivity contribution in [3.63, 3.8) is 0 Å². The van der Waals surface area contributed by atoms with Gasteiger partial charge in [0.1, 0.15) is 24.1 Å². The van der Waals surface area contributed by atoms with E-state index < -0.39 is 0 Å². The Hall–Kier alpha value is -3.03. The van der Waals surface area contributed by atoms with E-state index in [0.717, 1.165) is 5.56 Å². The molecule has 1 amide bonds. The summed E-state index contributed by atoms with van der Waals surface area (Å²) in [5, 5.41) is 7.28. The maximum atomic E-state index is 13.1. The van der Waals surface area contributed by atoms with E-state index in [2.05, 4.69) is 15.4 Å². The van der Waals surface area contributed by atoms with Gasteiger partial charge in [0.2, 0.25) is 5.91 Å². The van der Waals surface area contributed by atoms with Crippen molar-refractivity contribution in [3.8, 4) is 0 Å². The molecule has 3 rings (SSSR count). The van der Waals surface area contributed by atoms with Crippen LogP contribution in [0.3, 0.4) is 0 Å². The fourth-order valence-electron chi connectivity index (χ4n) is 2.86. The van der Waals surface area contributed by atoms with Gasteiger partial charge in [-0.05, 0) is 23.6 Å². The standard InChI is InChI=1S/C18H20FN5O2/c1-11(2)16(12-4-6-13(19)7-5-12)22-15(25)9-24-10-20-17-14(18(24)26)8-21-23(17)3/h4-8,10-11,16H,9H2,1-3H3,(H,22,25)/t16-/m1/s1. The Morgan fingerprint density at radius 1 is 1.27 bits per heavy atom. The Labute approximate surface area is 149 Å². The van der Waals surface area contributed by atoms with E-state index in [0.29, 0.717) is 11.0 Å². The molecule has 0 aliphatic rings. The lowest BCUT2D eigenvalue weighted by Crippen LogP contribution is -2.36. The third-order valence-electron chi connectivity index (χ3n) is 4.24. The fourth-order valence-corrected chi connectivity index (χ4v) is 2.86. The average Bonchev–Trinajstić information content (AvgIpc) is 2.98. The zero-order valence-electron chi connectivity index (χ0n) is 14.8. The Balaban J connectivity index is 1.80. The predicted octanol–water partition coefficient (Wildman–Crippen LogP) is 1.78. The molecule has 1 aromatic carbocycles. The number of halogens is 1. The first-order valence-corrected chi connectivity index (χ1v) is 8.29. The van der Waals surface area contributed by atoms with Crippen LogP contribution in [0.1, 0.15) is 25.5 Å². The molecule has 8 heteroatoms. The van der Waals surface area contributed by atoms with Gasteiger partial charge in [0.25, 0.3) is 5.56 Å². The summed E-state index contributed by atoms with van der Waals surface area (Å²) in [4.78, 5) is 29.1. The molecular weight excluding hydrogens is 337 g/mol. The highest BCUT2D eigenvalue weighted by Crippen LogP contribution is 2.21. The quantitative estimate of drug-likeness (QED) is 0.755. The normalized spacial score (nSPS) is 12.5. The van der Waals surface area contributed by atoms with Crippen LogP contribution in [-0.2, 0) is 18.4 Å². The average molecular weight is 357 g/mol. The number of carbonyl (C=O) groups excluding carboxylic acids is 1. The van der Waals surface area contributed by atoms with Crippen molar-refractivity contribution in [2.45, 2.75) is 26.4 Å². The van der Waals surface area contributed by atoms with Crippen LogP contribution < -0.4 is 10.9 Å². The number of nitrogens with zero attached hydrogens (tertiary/aromatic N) is 4. The number of hydrogen-bond donors (Lipinski definition) is 1. The molecular formula is C18H20FN5O2. The second-order valence-corrected chi connectivity index (χ2v) is 6.52. The zero-order valence-corrected chi connectivity index (χ0v) is 14.8. The van der Waals surface area contributed by atoms with Crippen LogP contribution in [0.4, 0.5) is 4.39 Å². The van der Waals surface area contributed by atoms with Gasteiger partial charge >= 0.3 is 0 Å². The Morgan fingerprint density at radius 2 is 1.96 bits per heavy atom. The third kappa shape index (κ3) is 3.49. The minimum absolute atomic E-state index is 0.0973. The van der Waals surface area contributed by atoms with Crippen molar-refractivity contribution in [2.75, 3.05) is 0 Å². The summed E-state index contributed by atoms with van der Waals surface area (Å²) in [6.07, 6.45) is 2.78. The predicted molar refractivity (Wildman–Crippen MR) is 94.9 cm³/mol. The van der Waals surface area contributed by atoms with Gasteiger partial charge in [-0.15, -0.1) is 0 Å². The lowest BCUT2D eigenvalue weighted by Gasteiger charge is -2.23. The molecule has 0 unspecified atom stereocenters. The molecule has 26 heavy (non-hydrogen) atoms. The van der Waals surface area contributed by atoms with E-state index in [1.165, 1.54) is 33.9 Å². The van der Waals surface area contributed by atoms with Crippen molar-refractivity contribution in [3.05, 3.63) is 58.5 Å². The van der Waals surface area contributed by atoms with Crippen LogP contribution in [0.25, 0.3) is 11.0 Å². The molecule has 136 valence electrons. The van der Waals surface area contributed by atoms with Gasteiger partial charge in [0.05, 0.1) is 12.2 Å². The molecule has 1 atom stereocenters. The zero-order chi connectivity index (χ0) is 18.8. The van der Waals surface area contributed by atoms with Crippen molar-refractivity contribution in [2.24, 2.45) is 13.0 Å². The molecule has 1 N–H and O–H groups in total. The number of aromatic nitrogens is 4. The van der Waals surface area contributed by atoms with Crippen LogP contribution in [0.15, 0.2) is 41.6 Å². The molecule has 2 heterocycles. The van der Waals surface area contributed by atoms with E-state index in [1.54, 1.807) is 19.2 Å². The minimum Gasteiger partial charge on any atom is -0.347 e. The summed E-state index contributed by atoms with van der Waals surface area (Å²) in [7, 11) is 1.70. The van der Waals surface area contributed by atoms with Crippen LogP contribution in [-0.4, -0.2) is 25.2 Å². The van der Waals surface area contributed by atoms with Gasteiger partial charge in [0.15, 0.2) is 5.65 Å². The summed E-state index contributed by atoms with van der Waals surface area (Å²) in [6, 6.07) is 5.74. The van der Waals surface area contributed by atoms with Gasteiger partial charge in [-0.1, -0.05) is 26.0 Å². The summed E-state index contributed by atoms with van der Waals surface area (Å²) in [5.41, 5.74) is 0.960. The van der Waals surface area contributed by atoms with Crippen molar-refractivity contribution < 1.29 is 9.18 Å². The number of nitrogens with one attached hydrogen (secondary N) is 1. The van der Waals surface area contributed by atoms with E-state index >= 15 is 0 Å². The molecule has 0 radical (unpaired) electrons. The molecule has 0 spiro atoms. The molecule has 7 nitrogen and oxygen atoms in total. The summed E-state index contributed by atoms with van der Waals surface area (Å²) >= 11 is 0. The molecule has 0 aliphatic heterocycles. The topological polar surface area (TPSA) is 81.8 Å². The number of hydrogen-bond acceptors (Lipinski definition) is 4. The SMILES string of the molecule is CC(C)[C@@H](NC(=O)Cn1cnc2c(cnn2C)c1=O)c1ccc(F)cc1. The van der Waals surface area contributed by atoms with Crippen LogP contribution in [0, 0.1) is 11.7 Å². The Kier molecular flexibility index (Phi) is 4.83. The first-order valence-electron chi connectivity index (χ1n) is 8.29. The maximum absolute atomic E-state index is 13.1. The van der Waals surface area contributed by atoms with Gasteiger partial charge < -0.3 is 5.32 Å². The highest BCUT2D eigenvalue weighted by Gasteiger charge is 2.19. The number of aryl methyl sites for hydroxylation is 1. The highest BCUT2D eigenvalue weighted by molar-refractivity contribution is 5.77. The van der Waals surface area contributed by atoms with Crippen LogP contribution >= 0.6 is 0 Å². The Bertz CT molecular complexity index is 991. The summed E-state index contributed by atoms with van der Waals surface area (Å²) in [5.74, 6) is -0.551. The van der Waals surface area contributed by atoms with E-state index in [1.807, 2.05) is 13.8 Å². The lowest BCUT2D eigenvalue weighted by atomic mass is 9.96. The minimum atomic E-state index is -0.329. The highest BCUT2D eigenvalue weighted by atomic mass is 19.1. The Morgan fingerprint density at radius 3 is 2.62 bits per heavy atom. The fraction of sp³-hybridized carbons (Fsp3) is 0.333. The second kappa shape index (κ2) is 7.07. The van der Waals surface area contributed by atoms with E-state index in [-0.39, 0.29) is 35.8 Å². The number of fused-ring (bicyclic) bond motifs is 1. The van der Waals surface area contributed by atoms with Gasteiger partial charge in [-0.2, -0.15) is 5.10 Å². The summed E-state index contributed by atoms with van der Waals surface area (Å²) < 4.78 is 15.9. The molecule has 3 aromatic rings. The van der Waals surface area contributed by atoms with Crippen molar-refractivity contribution in [1.82, 2.24) is 24.6 Å². The second-order valence-electron chi connectivity index (χ2n) is 6.52. The van der Waals surface area contributed by atoms with Crippen molar-refractivity contribution >= 4 is 16.9 Å². The lowest BCUT2D eigenvalue weighted by molar-refractivity contribution is -0.122. The first kappa shape index (κ1) is 17.8. The third-order valence-corrected chi connectivity index (χ3v) is 4.24. The smallest absolute Gasteiger partial charge is 0.264 e. The molecule has 2 aromatic heterocycles. The van der Waals surface area contributed by atoms with Gasteiger partial charge in [-0.3, -0.25) is 18.8 Å². The number of carbonyl (C=O) groups is 1. The van der Waals surface area contributed by atoms with E-state index in [4.69, 9.17) is 0 Å². The monoisotopic (exact) mass is 357 g/mol. The largest absolute Gasteiger partial charge is 0.347 e. The van der Waals surface area contributed by atoms with Gasteiger partial charge in [0, 0.05) is 7.05 Å². The van der Waals surface area contributed by atoms with Crippen LogP contribution in [0.2, 0.25) is 0 Å². The van der Waals surface area contributed by atoms with Crippen LogP contribution in [0.5, 0.6) is 0 Å².